The zero-order chi connectivity index (χ0) is 18.1. The van der Waals surface area contributed by atoms with Crippen molar-refractivity contribution < 1.29 is 10.2 Å². The van der Waals surface area contributed by atoms with Crippen LogP contribution in [0.25, 0.3) is 11.1 Å². The van der Waals surface area contributed by atoms with Gasteiger partial charge >= 0.3 is 0 Å². The van der Waals surface area contributed by atoms with Crippen LogP contribution in [0.3, 0.4) is 0 Å². The standard InChI is InChI=1S/C20H30O2Si2/c1-23(2,3)19-12-16(15-10-8-7-9-11-15)20(24(4,5)6)18(14-22)17(19)13-21/h7-12,21-22H,13-14H2,1-6H3. The Hall–Kier alpha value is -1.21. The Morgan fingerprint density at radius 3 is 1.71 bits per heavy atom. The van der Waals surface area contributed by atoms with Gasteiger partial charge in [-0.25, -0.2) is 0 Å². The molecule has 4 heteroatoms. The Balaban J connectivity index is 2.96. The molecule has 0 fully saturated rings. The largest absolute Gasteiger partial charge is 0.392 e. The first-order valence-corrected chi connectivity index (χ1v) is 15.6. The lowest BCUT2D eigenvalue weighted by atomic mass is 9.99. The summed E-state index contributed by atoms with van der Waals surface area (Å²) in [6, 6.07) is 12.8. The SMILES string of the molecule is C[Si](C)(C)c1cc(-c2ccccc2)c([Si](C)(C)C)c(CO)c1CO. The lowest BCUT2D eigenvalue weighted by molar-refractivity contribution is 0.261. The van der Waals surface area contributed by atoms with Gasteiger partial charge in [-0.15, -0.1) is 0 Å². The Labute approximate surface area is 148 Å². The third-order valence-corrected chi connectivity index (χ3v) is 8.64. The molecule has 0 saturated heterocycles. The topological polar surface area (TPSA) is 40.5 Å². The molecule has 0 aliphatic heterocycles. The molecule has 2 aromatic rings. The molecule has 0 saturated carbocycles. The minimum absolute atomic E-state index is 0.00203. The molecular weight excluding hydrogens is 328 g/mol. The third kappa shape index (κ3) is 3.72. The smallest absolute Gasteiger partial charge is 0.0789 e. The number of hydrogen-bond acceptors (Lipinski definition) is 2. The van der Waals surface area contributed by atoms with Gasteiger partial charge in [-0.2, -0.15) is 0 Å². The monoisotopic (exact) mass is 358 g/mol. The average molecular weight is 359 g/mol. The molecule has 2 N–H and O–H groups in total. The van der Waals surface area contributed by atoms with Crippen molar-refractivity contribution >= 4 is 26.5 Å². The van der Waals surface area contributed by atoms with E-state index >= 15 is 0 Å². The van der Waals surface area contributed by atoms with Crippen molar-refractivity contribution in [1.29, 1.82) is 0 Å². The first-order valence-electron chi connectivity index (χ1n) is 8.58. The molecule has 130 valence electrons. The molecule has 0 aromatic heterocycles. The van der Waals surface area contributed by atoms with Crippen LogP contribution in [0, 0.1) is 0 Å². The van der Waals surface area contributed by atoms with Crippen molar-refractivity contribution in [3.05, 3.63) is 47.5 Å². The van der Waals surface area contributed by atoms with Gasteiger partial charge in [0, 0.05) is 0 Å². The summed E-state index contributed by atoms with van der Waals surface area (Å²) in [5, 5.41) is 22.8. The molecular formula is C20H30O2Si2. The fourth-order valence-electron chi connectivity index (χ4n) is 3.51. The molecule has 0 amide bonds. The van der Waals surface area contributed by atoms with E-state index in [1.54, 1.807) is 0 Å². The minimum Gasteiger partial charge on any atom is -0.392 e. The summed E-state index contributed by atoms with van der Waals surface area (Å²) >= 11 is 0. The summed E-state index contributed by atoms with van der Waals surface area (Å²) in [7, 11) is -3.36. The average Bonchev–Trinajstić information content (AvgIpc) is 2.51. The molecule has 2 aromatic carbocycles. The second-order valence-corrected chi connectivity index (χ2v) is 18.5. The zero-order valence-corrected chi connectivity index (χ0v) is 17.8. The summed E-state index contributed by atoms with van der Waals surface area (Å²) < 4.78 is 0. The van der Waals surface area contributed by atoms with Crippen LogP contribution >= 0.6 is 0 Å². The molecule has 0 aliphatic carbocycles. The Bertz CT molecular complexity index is 711. The quantitative estimate of drug-likeness (QED) is 0.804. The molecule has 0 bridgehead atoms. The van der Waals surface area contributed by atoms with Crippen LogP contribution in [0.2, 0.25) is 39.3 Å². The van der Waals surface area contributed by atoms with Gasteiger partial charge in [0.15, 0.2) is 0 Å². The van der Waals surface area contributed by atoms with Crippen molar-refractivity contribution in [3.63, 3.8) is 0 Å². The molecule has 0 atom stereocenters. The number of hydrogen-bond donors (Lipinski definition) is 2. The van der Waals surface area contributed by atoms with E-state index in [1.165, 1.54) is 21.5 Å². The Morgan fingerprint density at radius 1 is 0.750 bits per heavy atom. The lowest BCUT2D eigenvalue weighted by Crippen LogP contribution is -2.48. The first-order chi connectivity index (χ1) is 11.1. The highest BCUT2D eigenvalue weighted by Gasteiger charge is 2.31. The van der Waals surface area contributed by atoms with Crippen molar-refractivity contribution in [3.8, 4) is 11.1 Å². The fraction of sp³-hybridized carbons (Fsp3) is 0.400. The van der Waals surface area contributed by atoms with E-state index in [-0.39, 0.29) is 13.2 Å². The summed E-state index contributed by atoms with van der Waals surface area (Å²) in [4.78, 5) is 0. The highest BCUT2D eigenvalue weighted by molar-refractivity contribution is 6.91. The number of benzene rings is 2. The Kier molecular flexibility index (Phi) is 5.55. The zero-order valence-electron chi connectivity index (χ0n) is 15.8. The summed E-state index contributed by atoms with van der Waals surface area (Å²) in [6.45, 7) is 13.8. The van der Waals surface area contributed by atoms with E-state index in [4.69, 9.17) is 0 Å². The molecule has 2 rings (SSSR count). The number of rotatable bonds is 5. The molecule has 24 heavy (non-hydrogen) atoms. The van der Waals surface area contributed by atoms with Crippen molar-refractivity contribution in [2.24, 2.45) is 0 Å². The first kappa shape index (κ1) is 19.1. The molecule has 2 nitrogen and oxygen atoms in total. The van der Waals surface area contributed by atoms with Crippen LogP contribution < -0.4 is 10.4 Å². The van der Waals surface area contributed by atoms with Gasteiger partial charge in [0.25, 0.3) is 0 Å². The molecule has 0 aliphatic rings. The van der Waals surface area contributed by atoms with Gasteiger partial charge in [0.1, 0.15) is 0 Å². The van der Waals surface area contributed by atoms with Gasteiger partial charge in [-0.1, -0.05) is 80.9 Å². The predicted octanol–water partition coefficient (Wildman–Crippen LogP) is 3.43. The van der Waals surface area contributed by atoms with Crippen LogP contribution in [0.4, 0.5) is 0 Å². The highest BCUT2D eigenvalue weighted by atomic mass is 28.3. The van der Waals surface area contributed by atoms with E-state index in [1.807, 2.05) is 6.07 Å². The van der Waals surface area contributed by atoms with Crippen LogP contribution in [0.5, 0.6) is 0 Å². The van der Waals surface area contributed by atoms with Crippen molar-refractivity contribution in [1.82, 2.24) is 0 Å². The van der Waals surface area contributed by atoms with Gasteiger partial charge in [-0.3, -0.25) is 0 Å². The molecule has 0 unspecified atom stereocenters. The van der Waals surface area contributed by atoms with Crippen LogP contribution in [0.1, 0.15) is 11.1 Å². The van der Waals surface area contributed by atoms with E-state index in [0.717, 1.165) is 11.1 Å². The maximum absolute atomic E-state index is 10.2. The van der Waals surface area contributed by atoms with E-state index in [9.17, 15) is 10.2 Å². The second kappa shape index (κ2) is 6.96. The maximum Gasteiger partial charge on any atom is 0.0789 e. The van der Waals surface area contributed by atoms with E-state index in [2.05, 4.69) is 69.6 Å². The fourth-order valence-corrected chi connectivity index (χ4v) is 7.38. The van der Waals surface area contributed by atoms with Crippen LogP contribution in [-0.4, -0.2) is 26.4 Å². The summed E-state index contributed by atoms with van der Waals surface area (Å²) in [6.07, 6.45) is 0. The highest BCUT2D eigenvalue weighted by Crippen LogP contribution is 2.25. The number of aliphatic hydroxyl groups is 2. The van der Waals surface area contributed by atoms with Crippen molar-refractivity contribution in [2.75, 3.05) is 0 Å². The summed E-state index contributed by atoms with van der Waals surface area (Å²) in [5.41, 5.74) is 4.38. The Morgan fingerprint density at radius 2 is 1.29 bits per heavy atom. The van der Waals surface area contributed by atoms with Gasteiger partial charge in [0.05, 0.1) is 29.4 Å². The van der Waals surface area contributed by atoms with Crippen LogP contribution in [0.15, 0.2) is 36.4 Å². The van der Waals surface area contributed by atoms with Gasteiger partial charge in [0.2, 0.25) is 0 Å². The van der Waals surface area contributed by atoms with E-state index < -0.39 is 16.1 Å². The third-order valence-electron chi connectivity index (χ3n) is 4.51. The lowest BCUT2D eigenvalue weighted by Gasteiger charge is -2.31. The molecule has 0 spiro atoms. The van der Waals surface area contributed by atoms with E-state index in [0.29, 0.717) is 0 Å². The second-order valence-electron chi connectivity index (χ2n) is 8.49. The van der Waals surface area contributed by atoms with Crippen LogP contribution in [-0.2, 0) is 13.2 Å². The predicted molar refractivity (Wildman–Crippen MR) is 110 cm³/mol. The molecule has 0 heterocycles. The maximum atomic E-state index is 10.2. The van der Waals surface area contributed by atoms with Gasteiger partial charge < -0.3 is 10.2 Å². The summed E-state index contributed by atoms with van der Waals surface area (Å²) in [5.74, 6) is 0. The number of aliphatic hydroxyl groups excluding tert-OH is 2. The molecule has 0 radical (unpaired) electrons. The normalized spacial score (nSPS) is 12.5. The minimum atomic E-state index is -1.71. The van der Waals surface area contributed by atoms with Crippen molar-refractivity contribution in [2.45, 2.75) is 52.5 Å². The van der Waals surface area contributed by atoms with Gasteiger partial charge in [-0.05, 0) is 27.4 Å².